The summed E-state index contributed by atoms with van der Waals surface area (Å²) in [7, 11) is 1.59. The molecule has 5 nitrogen and oxygen atoms in total. The lowest BCUT2D eigenvalue weighted by molar-refractivity contribution is -0.141. The van der Waals surface area contributed by atoms with Crippen LogP contribution < -0.4 is 10.1 Å². The summed E-state index contributed by atoms with van der Waals surface area (Å²) < 4.78 is 5.09. The van der Waals surface area contributed by atoms with E-state index in [1.165, 1.54) is 11.8 Å². The van der Waals surface area contributed by atoms with Crippen molar-refractivity contribution in [2.45, 2.75) is 11.8 Å². The standard InChI is InChI=1S/C13H17NO4S/c1-9(13(16)17)7-14-12(15)8-19-11-5-3-4-10(6-11)18-2/h3-6,9H,7-8H2,1-2H3,(H,14,15)(H,16,17). The number of ether oxygens (including phenoxy) is 1. The molecule has 0 aromatic heterocycles. The van der Waals surface area contributed by atoms with Crippen molar-refractivity contribution < 1.29 is 19.4 Å². The van der Waals surface area contributed by atoms with Crippen molar-refractivity contribution in [3.8, 4) is 5.75 Å². The first-order valence-electron chi connectivity index (χ1n) is 5.79. The molecule has 0 fully saturated rings. The van der Waals surface area contributed by atoms with E-state index in [0.29, 0.717) is 0 Å². The van der Waals surface area contributed by atoms with Crippen LogP contribution in [0.25, 0.3) is 0 Å². The summed E-state index contributed by atoms with van der Waals surface area (Å²) in [6.45, 7) is 1.70. The fraction of sp³-hybridized carbons (Fsp3) is 0.385. The maximum Gasteiger partial charge on any atom is 0.308 e. The lowest BCUT2D eigenvalue weighted by atomic mass is 10.2. The van der Waals surface area contributed by atoms with E-state index in [1.54, 1.807) is 14.0 Å². The van der Waals surface area contributed by atoms with E-state index in [9.17, 15) is 9.59 Å². The number of aliphatic carboxylic acids is 1. The van der Waals surface area contributed by atoms with Crippen molar-refractivity contribution in [2.75, 3.05) is 19.4 Å². The predicted octanol–water partition coefficient (Wildman–Crippen LogP) is 1.62. The van der Waals surface area contributed by atoms with Gasteiger partial charge in [-0.15, -0.1) is 11.8 Å². The number of rotatable bonds is 7. The van der Waals surface area contributed by atoms with Crippen molar-refractivity contribution in [1.29, 1.82) is 0 Å². The summed E-state index contributed by atoms with van der Waals surface area (Å²) in [6, 6.07) is 7.42. The van der Waals surface area contributed by atoms with E-state index in [1.807, 2.05) is 24.3 Å². The Bertz CT molecular complexity index is 450. The first kappa shape index (κ1) is 15.4. The van der Waals surface area contributed by atoms with Crippen molar-refractivity contribution in [1.82, 2.24) is 5.32 Å². The Morgan fingerprint density at radius 3 is 2.84 bits per heavy atom. The van der Waals surface area contributed by atoms with Crippen molar-refractivity contribution in [3.63, 3.8) is 0 Å². The molecule has 0 aliphatic rings. The number of hydrogen-bond acceptors (Lipinski definition) is 4. The monoisotopic (exact) mass is 283 g/mol. The van der Waals surface area contributed by atoms with Gasteiger partial charge in [-0.1, -0.05) is 13.0 Å². The van der Waals surface area contributed by atoms with Crippen LogP contribution in [0.15, 0.2) is 29.2 Å². The second-order valence-corrected chi connectivity index (χ2v) is 5.06. The molecule has 6 heteroatoms. The van der Waals surface area contributed by atoms with Gasteiger partial charge in [-0.2, -0.15) is 0 Å². The summed E-state index contributed by atoms with van der Waals surface area (Å²) >= 11 is 1.38. The Labute approximate surface area is 116 Å². The maximum absolute atomic E-state index is 11.5. The van der Waals surface area contributed by atoms with Gasteiger partial charge >= 0.3 is 5.97 Å². The lowest BCUT2D eigenvalue weighted by Gasteiger charge is -2.08. The van der Waals surface area contributed by atoms with Crippen LogP contribution in [0, 0.1) is 5.92 Å². The molecule has 1 aromatic rings. The second kappa shape index (κ2) is 7.68. The Morgan fingerprint density at radius 1 is 1.47 bits per heavy atom. The van der Waals surface area contributed by atoms with Crippen LogP contribution >= 0.6 is 11.8 Å². The van der Waals surface area contributed by atoms with Crippen LogP contribution in [-0.4, -0.2) is 36.4 Å². The molecule has 104 valence electrons. The van der Waals surface area contributed by atoms with Gasteiger partial charge in [-0.3, -0.25) is 9.59 Å². The van der Waals surface area contributed by atoms with E-state index in [-0.39, 0.29) is 18.2 Å². The summed E-state index contributed by atoms with van der Waals surface area (Å²) in [6.07, 6.45) is 0. The second-order valence-electron chi connectivity index (χ2n) is 4.01. The molecule has 1 atom stereocenters. The number of thioether (sulfide) groups is 1. The highest BCUT2D eigenvalue weighted by atomic mass is 32.2. The topological polar surface area (TPSA) is 75.6 Å². The highest BCUT2D eigenvalue weighted by molar-refractivity contribution is 8.00. The molecule has 0 aliphatic carbocycles. The number of nitrogens with one attached hydrogen (secondary N) is 1. The minimum Gasteiger partial charge on any atom is -0.497 e. The van der Waals surface area contributed by atoms with Gasteiger partial charge in [0.15, 0.2) is 0 Å². The van der Waals surface area contributed by atoms with Gasteiger partial charge in [0.25, 0.3) is 0 Å². The molecule has 0 bridgehead atoms. The summed E-state index contributed by atoms with van der Waals surface area (Å²) in [5.41, 5.74) is 0. The number of hydrogen-bond donors (Lipinski definition) is 2. The molecule has 0 saturated heterocycles. The van der Waals surface area contributed by atoms with Crippen LogP contribution in [0.5, 0.6) is 5.75 Å². The molecule has 2 N–H and O–H groups in total. The van der Waals surface area contributed by atoms with Gasteiger partial charge in [0.05, 0.1) is 18.8 Å². The lowest BCUT2D eigenvalue weighted by Crippen LogP contribution is -2.32. The van der Waals surface area contributed by atoms with Gasteiger partial charge in [-0.05, 0) is 18.2 Å². The molecule has 1 unspecified atom stereocenters. The fourth-order valence-corrected chi connectivity index (χ4v) is 2.02. The van der Waals surface area contributed by atoms with Crippen LogP contribution in [0.4, 0.5) is 0 Å². The largest absolute Gasteiger partial charge is 0.497 e. The number of methoxy groups -OCH3 is 1. The zero-order valence-electron chi connectivity index (χ0n) is 10.9. The number of carbonyl (C=O) groups excluding carboxylic acids is 1. The summed E-state index contributed by atoms with van der Waals surface area (Å²) in [5.74, 6) is -0.684. The number of benzene rings is 1. The average Bonchev–Trinajstić information content (AvgIpc) is 2.42. The third kappa shape index (κ3) is 5.65. The average molecular weight is 283 g/mol. The first-order valence-corrected chi connectivity index (χ1v) is 6.78. The van der Waals surface area contributed by atoms with E-state index in [0.717, 1.165) is 10.6 Å². The van der Waals surface area contributed by atoms with E-state index in [2.05, 4.69) is 5.32 Å². The minimum absolute atomic E-state index is 0.146. The Kier molecular flexibility index (Phi) is 6.21. The number of carboxylic acids is 1. The highest BCUT2D eigenvalue weighted by Crippen LogP contribution is 2.22. The van der Waals surface area contributed by atoms with Crippen molar-refractivity contribution >= 4 is 23.6 Å². The molecule has 0 spiro atoms. The first-order chi connectivity index (χ1) is 9.02. The Balaban J connectivity index is 2.35. The molecule has 1 rings (SSSR count). The quantitative estimate of drug-likeness (QED) is 0.744. The number of amides is 1. The SMILES string of the molecule is COc1cccc(SCC(=O)NCC(C)C(=O)O)c1. The van der Waals surface area contributed by atoms with Crippen LogP contribution in [-0.2, 0) is 9.59 Å². The van der Waals surface area contributed by atoms with Gasteiger partial charge in [0.2, 0.25) is 5.91 Å². The Hall–Kier alpha value is -1.69. The molecular weight excluding hydrogens is 266 g/mol. The number of carboxylic acid groups (broad SMARTS) is 1. The molecule has 0 radical (unpaired) electrons. The third-order valence-electron chi connectivity index (χ3n) is 2.44. The predicted molar refractivity (Wildman–Crippen MR) is 73.5 cm³/mol. The summed E-state index contributed by atoms with van der Waals surface area (Å²) in [5, 5.41) is 11.3. The fourth-order valence-electron chi connectivity index (χ4n) is 1.25. The summed E-state index contributed by atoms with van der Waals surface area (Å²) in [4.78, 5) is 23.1. The minimum atomic E-state index is -0.916. The molecule has 19 heavy (non-hydrogen) atoms. The van der Waals surface area contributed by atoms with Crippen LogP contribution in [0.2, 0.25) is 0 Å². The zero-order chi connectivity index (χ0) is 14.3. The van der Waals surface area contributed by atoms with Gasteiger partial charge < -0.3 is 15.2 Å². The van der Waals surface area contributed by atoms with E-state index >= 15 is 0 Å². The van der Waals surface area contributed by atoms with Crippen molar-refractivity contribution in [2.24, 2.45) is 5.92 Å². The zero-order valence-corrected chi connectivity index (χ0v) is 11.7. The highest BCUT2D eigenvalue weighted by Gasteiger charge is 2.12. The van der Waals surface area contributed by atoms with Crippen LogP contribution in [0.1, 0.15) is 6.92 Å². The van der Waals surface area contributed by atoms with Crippen molar-refractivity contribution in [3.05, 3.63) is 24.3 Å². The third-order valence-corrected chi connectivity index (χ3v) is 3.43. The van der Waals surface area contributed by atoms with Crippen LogP contribution in [0.3, 0.4) is 0 Å². The number of carbonyl (C=O) groups is 2. The van der Waals surface area contributed by atoms with E-state index in [4.69, 9.17) is 9.84 Å². The Morgan fingerprint density at radius 2 is 2.21 bits per heavy atom. The molecule has 1 aromatic carbocycles. The molecule has 0 aliphatic heterocycles. The van der Waals surface area contributed by atoms with Gasteiger partial charge in [0, 0.05) is 11.4 Å². The normalized spacial score (nSPS) is 11.7. The smallest absolute Gasteiger partial charge is 0.308 e. The van der Waals surface area contributed by atoms with Gasteiger partial charge in [0.1, 0.15) is 5.75 Å². The van der Waals surface area contributed by atoms with Gasteiger partial charge in [-0.25, -0.2) is 0 Å². The maximum atomic E-state index is 11.5. The molecule has 0 saturated carbocycles. The molecule has 1 amide bonds. The van der Waals surface area contributed by atoms with E-state index < -0.39 is 11.9 Å². The molecular formula is C13H17NO4S. The molecule has 0 heterocycles.